The molecule has 3 heterocycles. The molecule has 0 aliphatic carbocycles. The van der Waals surface area contributed by atoms with Gasteiger partial charge in [0, 0.05) is 31.2 Å². The average Bonchev–Trinajstić information content (AvgIpc) is 3.37. The van der Waals surface area contributed by atoms with E-state index in [1.807, 2.05) is 26.8 Å². The first kappa shape index (κ1) is 23.6. The summed E-state index contributed by atoms with van der Waals surface area (Å²) >= 11 is 6.79. The Morgan fingerprint density at radius 3 is 2.52 bits per heavy atom. The summed E-state index contributed by atoms with van der Waals surface area (Å²) in [6.45, 7) is 10.2. The number of carbonyl (C=O) groups excluding carboxylic acids is 1. The zero-order valence-corrected chi connectivity index (χ0v) is 20.4. The molecule has 0 bridgehead atoms. The van der Waals surface area contributed by atoms with Crippen LogP contribution in [-0.4, -0.2) is 38.8 Å². The molecular formula is C23H30N4O2S2. The molecule has 2 aliphatic rings. The van der Waals surface area contributed by atoms with Crippen molar-refractivity contribution in [1.29, 1.82) is 5.26 Å². The minimum absolute atomic E-state index is 0.0331. The van der Waals surface area contributed by atoms with Gasteiger partial charge in [0.1, 0.15) is 21.8 Å². The molecule has 0 N–H and O–H groups in total. The number of carbonyl (C=O) groups is 1. The van der Waals surface area contributed by atoms with Crippen molar-refractivity contribution in [2.24, 2.45) is 0 Å². The lowest BCUT2D eigenvalue weighted by molar-refractivity contribution is -0.123. The molecule has 1 amide bonds. The van der Waals surface area contributed by atoms with E-state index in [-0.39, 0.29) is 23.1 Å². The van der Waals surface area contributed by atoms with Gasteiger partial charge in [0.05, 0.1) is 4.91 Å². The smallest absolute Gasteiger partial charge is 0.270 e. The zero-order chi connectivity index (χ0) is 22.7. The highest BCUT2D eigenvalue weighted by molar-refractivity contribution is 8.26. The maximum atomic E-state index is 13.2. The second kappa shape index (κ2) is 10.0. The molecule has 3 rings (SSSR count). The number of hydrogen-bond donors (Lipinski definition) is 0. The molecule has 0 aromatic carbocycles. The summed E-state index contributed by atoms with van der Waals surface area (Å²) in [5, 5.41) is 9.73. The van der Waals surface area contributed by atoms with Gasteiger partial charge >= 0.3 is 0 Å². The Hall–Kier alpha value is -2.11. The predicted octanol–water partition coefficient (Wildman–Crippen LogP) is 4.43. The molecule has 1 atom stereocenters. The number of aromatic nitrogens is 1. The van der Waals surface area contributed by atoms with E-state index in [1.54, 1.807) is 9.47 Å². The third-order valence-corrected chi connectivity index (χ3v) is 7.45. The van der Waals surface area contributed by atoms with Crippen molar-refractivity contribution in [3.63, 3.8) is 0 Å². The van der Waals surface area contributed by atoms with Gasteiger partial charge < -0.3 is 4.90 Å². The van der Waals surface area contributed by atoms with E-state index in [1.165, 1.54) is 11.8 Å². The van der Waals surface area contributed by atoms with Crippen molar-refractivity contribution in [2.45, 2.75) is 72.4 Å². The highest BCUT2D eigenvalue weighted by Gasteiger charge is 2.35. The summed E-state index contributed by atoms with van der Waals surface area (Å²) in [6, 6.07) is 2.14. The number of anilines is 1. The summed E-state index contributed by atoms with van der Waals surface area (Å²) in [6.07, 6.45) is 6.60. The lowest BCUT2D eigenvalue weighted by Crippen LogP contribution is -2.36. The summed E-state index contributed by atoms with van der Waals surface area (Å²) < 4.78 is 2.31. The molecule has 0 spiro atoms. The molecule has 6 nitrogen and oxygen atoms in total. The van der Waals surface area contributed by atoms with Crippen LogP contribution in [0.3, 0.4) is 0 Å². The number of thiocarbonyl (C=S) groups is 1. The number of pyridine rings is 1. The van der Waals surface area contributed by atoms with E-state index >= 15 is 0 Å². The van der Waals surface area contributed by atoms with Crippen LogP contribution < -0.4 is 10.5 Å². The molecule has 2 aliphatic heterocycles. The van der Waals surface area contributed by atoms with E-state index in [0.717, 1.165) is 56.6 Å². The van der Waals surface area contributed by atoms with E-state index in [9.17, 15) is 14.9 Å². The summed E-state index contributed by atoms with van der Waals surface area (Å²) in [5.41, 5.74) is 1.34. The van der Waals surface area contributed by atoms with Crippen LogP contribution in [0.25, 0.3) is 6.08 Å². The molecule has 2 fully saturated rings. The quantitative estimate of drug-likeness (QED) is 0.445. The van der Waals surface area contributed by atoms with Gasteiger partial charge in [-0.25, -0.2) is 0 Å². The van der Waals surface area contributed by atoms with E-state index < -0.39 is 0 Å². The Morgan fingerprint density at radius 2 is 1.94 bits per heavy atom. The molecular weight excluding hydrogens is 428 g/mol. The topological polar surface area (TPSA) is 69.3 Å². The number of nitrogens with zero attached hydrogens (tertiary/aromatic N) is 4. The van der Waals surface area contributed by atoms with Crippen LogP contribution in [0.15, 0.2) is 9.70 Å². The molecule has 31 heavy (non-hydrogen) atoms. The zero-order valence-electron chi connectivity index (χ0n) is 18.7. The molecule has 2 saturated heterocycles. The van der Waals surface area contributed by atoms with Crippen molar-refractivity contribution >= 4 is 46.1 Å². The summed E-state index contributed by atoms with van der Waals surface area (Å²) in [5.74, 6) is 0.738. The maximum absolute atomic E-state index is 13.2. The maximum Gasteiger partial charge on any atom is 0.270 e. The number of nitriles is 1. The highest BCUT2D eigenvalue weighted by atomic mass is 32.2. The average molecular weight is 459 g/mol. The number of hydrogen-bond acceptors (Lipinski definition) is 6. The fraction of sp³-hybridized carbons (Fsp3) is 0.565. The van der Waals surface area contributed by atoms with Crippen molar-refractivity contribution in [1.82, 2.24) is 9.47 Å². The molecule has 166 valence electrons. The number of amides is 1. The van der Waals surface area contributed by atoms with Crippen molar-refractivity contribution in [3.8, 4) is 6.07 Å². The van der Waals surface area contributed by atoms with Gasteiger partial charge in [0.15, 0.2) is 0 Å². The van der Waals surface area contributed by atoms with E-state index in [4.69, 9.17) is 12.2 Å². The highest BCUT2D eigenvalue weighted by Crippen LogP contribution is 2.37. The fourth-order valence-electron chi connectivity index (χ4n) is 4.11. The van der Waals surface area contributed by atoms with E-state index in [0.29, 0.717) is 21.3 Å². The third-order valence-electron chi connectivity index (χ3n) is 6.12. The second-order valence-corrected chi connectivity index (χ2v) is 9.84. The normalized spacial score (nSPS) is 18.9. The Balaban J connectivity index is 2.22. The van der Waals surface area contributed by atoms with Crippen LogP contribution in [0.5, 0.6) is 0 Å². The SMILES string of the molecule is CCCCn1c(N2CCCC2)c(C=C2SC(=S)N(C(C)CC)C2=O)c(C)c(C#N)c1=O. The summed E-state index contributed by atoms with van der Waals surface area (Å²) in [4.78, 5) is 30.8. The standard InChI is InChI=1S/C23H30N4O2S2/c1-5-7-12-26-20(25-10-8-9-11-25)17(16(4)18(14-24)21(26)28)13-19-22(29)27(15(3)6-2)23(30)31-19/h13,15H,5-12H2,1-4H3. The van der Waals surface area contributed by atoms with Crippen LogP contribution in [-0.2, 0) is 11.3 Å². The first-order valence-corrected chi connectivity index (χ1v) is 12.3. The van der Waals surface area contributed by atoms with Gasteiger partial charge in [0.25, 0.3) is 11.5 Å². The van der Waals surface area contributed by atoms with Crippen LogP contribution in [0.2, 0.25) is 0 Å². The number of thioether (sulfide) groups is 1. The number of unbranched alkanes of at least 4 members (excludes halogenated alkanes) is 1. The van der Waals surface area contributed by atoms with Gasteiger partial charge in [-0.1, -0.05) is 44.2 Å². The van der Waals surface area contributed by atoms with Crippen LogP contribution >= 0.6 is 24.0 Å². The Kier molecular flexibility index (Phi) is 7.60. The van der Waals surface area contributed by atoms with Gasteiger partial charge in [0.2, 0.25) is 0 Å². The summed E-state index contributed by atoms with van der Waals surface area (Å²) in [7, 11) is 0. The fourth-order valence-corrected chi connectivity index (χ4v) is 5.55. The van der Waals surface area contributed by atoms with Gasteiger partial charge in [-0.3, -0.25) is 19.1 Å². The van der Waals surface area contributed by atoms with Crippen molar-refractivity contribution in [2.75, 3.05) is 18.0 Å². The molecule has 0 radical (unpaired) electrons. The third kappa shape index (κ3) is 4.44. The first-order valence-electron chi connectivity index (χ1n) is 11.0. The van der Waals surface area contributed by atoms with Gasteiger partial charge in [-0.05, 0) is 51.2 Å². The first-order chi connectivity index (χ1) is 14.8. The van der Waals surface area contributed by atoms with Crippen molar-refractivity contribution in [3.05, 3.63) is 31.9 Å². The van der Waals surface area contributed by atoms with Crippen LogP contribution in [0, 0.1) is 18.3 Å². The lowest BCUT2D eigenvalue weighted by Gasteiger charge is -2.27. The minimum atomic E-state index is -0.236. The second-order valence-electron chi connectivity index (χ2n) is 8.16. The van der Waals surface area contributed by atoms with Crippen LogP contribution in [0.4, 0.5) is 5.82 Å². The Labute approximate surface area is 193 Å². The molecule has 8 heteroatoms. The monoisotopic (exact) mass is 458 g/mol. The number of rotatable bonds is 7. The van der Waals surface area contributed by atoms with Crippen molar-refractivity contribution < 1.29 is 4.79 Å². The predicted molar refractivity (Wildman–Crippen MR) is 131 cm³/mol. The van der Waals surface area contributed by atoms with Gasteiger partial charge in [-0.2, -0.15) is 5.26 Å². The Morgan fingerprint density at radius 1 is 1.26 bits per heavy atom. The minimum Gasteiger partial charge on any atom is -0.357 e. The molecule has 0 saturated carbocycles. The Bertz CT molecular complexity index is 1020. The van der Waals surface area contributed by atoms with Crippen LogP contribution in [0.1, 0.15) is 69.6 Å². The molecule has 1 unspecified atom stereocenters. The lowest BCUT2D eigenvalue weighted by atomic mass is 10.0. The van der Waals surface area contributed by atoms with E-state index in [2.05, 4.69) is 17.9 Å². The molecule has 1 aromatic rings. The van der Waals surface area contributed by atoms with Gasteiger partial charge in [-0.15, -0.1) is 0 Å². The largest absolute Gasteiger partial charge is 0.357 e. The molecule has 1 aromatic heterocycles.